The third-order valence-corrected chi connectivity index (χ3v) is 8.25. The second-order valence-corrected chi connectivity index (χ2v) is 10.4. The Morgan fingerprint density at radius 2 is 2.03 bits per heavy atom. The second kappa shape index (κ2) is 10.1. The predicted molar refractivity (Wildman–Crippen MR) is 129 cm³/mol. The lowest BCUT2D eigenvalue weighted by Gasteiger charge is -2.34. The maximum Gasteiger partial charge on any atom is 0.227 e. The van der Waals surface area contributed by atoms with E-state index in [0.717, 1.165) is 61.7 Å². The first kappa shape index (κ1) is 22.9. The molecule has 1 aromatic heterocycles. The number of fused-ring (bicyclic) bond motifs is 1. The molecule has 4 heterocycles. The van der Waals surface area contributed by atoms with E-state index in [1.165, 1.54) is 5.57 Å². The van der Waals surface area contributed by atoms with E-state index in [1.807, 2.05) is 13.3 Å². The maximum absolute atomic E-state index is 12.7. The molecule has 0 spiro atoms. The van der Waals surface area contributed by atoms with Gasteiger partial charge in [0, 0.05) is 64.6 Å². The van der Waals surface area contributed by atoms with Crippen LogP contribution in [-0.4, -0.2) is 76.7 Å². The van der Waals surface area contributed by atoms with Gasteiger partial charge in [-0.1, -0.05) is 12.5 Å². The number of amides is 1. The standard InChI is InChI=1S/C23H34N6O2S/c1-4-16(7-11-24-2)17-8-12-29(13-9-17)23-26-19-10-14-32(31)21(19)22(27-23)25-18-5-6-20(30)28(3)15-18/h7,11,17-18H,4-6,8-10,12-15H2,1-3H3,(H,25,26,27)/b16-7+,24-11?/t18-,32?/m0/s1. The van der Waals surface area contributed by atoms with Gasteiger partial charge in [0.25, 0.3) is 0 Å². The summed E-state index contributed by atoms with van der Waals surface area (Å²) in [6.07, 6.45) is 9.26. The monoisotopic (exact) mass is 458 g/mol. The zero-order valence-corrected chi connectivity index (χ0v) is 20.2. The van der Waals surface area contributed by atoms with Crippen molar-refractivity contribution in [1.82, 2.24) is 14.9 Å². The van der Waals surface area contributed by atoms with Crippen LogP contribution >= 0.6 is 0 Å². The molecule has 1 aromatic rings. The van der Waals surface area contributed by atoms with E-state index in [2.05, 4.69) is 28.2 Å². The first-order valence-electron chi connectivity index (χ1n) is 11.7. The number of anilines is 2. The van der Waals surface area contributed by atoms with Crippen molar-refractivity contribution in [3.05, 3.63) is 17.3 Å². The number of rotatable bonds is 6. The Morgan fingerprint density at radius 3 is 2.72 bits per heavy atom. The van der Waals surface area contributed by atoms with Gasteiger partial charge in [-0.2, -0.15) is 4.98 Å². The first-order chi connectivity index (χ1) is 15.5. The number of aromatic nitrogens is 2. The van der Waals surface area contributed by atoms with Crippen molar-refractivity contribution in [1.29, 1.82) is 0 Å². The molecule has 9 heteroatoms. The van der Waals surface area contributed by atoms with E-state index in [0.29, 0.717) is 30.5 Å². The van der Waals surface area contributed by atoms with Crippen LogP contribution in [0.1, 0.15) is 44.7 Å². The Bertz CT molecular complexity index is 939. The van der Waals surface area contributed by atoms with Crippen molar-refractivity contribution >= 4 is 34.7 Å². The summed E-state index contributed by atoms with van der Waals surface area (Å²) in [5, 5.41) is 3.51. The summed E-state index contributed by atoms with van der Waals surface area (Å²) in [6.45, 7) is 4.67. The number of aliphatic imine (C=N–C) groups is 1. The lowest BCUT2D eigenvalue weighted by Crippen LogP contribution is -2.43. The minimum absolute atomic E-state index is 0.116. The largest absolute Gasteiger partial charge is 0.364 e. The quantitative estimate of drug-likeness (QED) is 0.659. The molecule has 8 nitrogen and oxygen atoms in total. The van der Waals surface area contributed by atoms with Gasteiger partial charge in [0.05, 0.1) is 16.5 Å². The molecule has 1 amide bonds. The number of allylic oxidation sites excluding steroid dienone is 2. The van der Waals surface area contributed by atoms with Crippen LogP contribution < -0.4 is 10.2 Å². The summed E-state index contributed by atoms with van der Waals surface area (Å²) in [5.74, 6) is 2.79. The molecule has 2 saturated heterocycles. The normalized spacial score (nSPS) is 25.0. The van der Waals surface area contributed by atoms with Crippen LogP contribution in [0.5, 0.6) is 0 Å². The number of piperidine rings is 2. The minimum atomic E-state index is -1.07. The zero-order chi connectivity index (χ0) is 22.7. The van der Waals surface area contributed by atoms with Crippen molar-refractivity contribution in [2.45, 2.75) is 56.4 Å². The molecule has 1 unspecified atom stereocenters. The van der Waals surface area contributed by atoms with Gasteiger partial charge in [-0.3, -0.25) is 14.0 Å². The van der Waals surface area contributed by atoms with Gasteiger partial charge < -0.3 is 15.1 Å². The number of nitrogens with one attached hydrogen (secondary N) is 1. The van der Waals surface area contributed by atoms with Gasteiger partial charge in [0.1, 0.15) is 10.7 Å². The van der Waals surface area contributed by atoms with E-state index in [9.17, 15) is 9.00 Å². The summed E-state index contributed by atoms with van der Waals surface area (Å²) in [7, 11) is 2.57. The van der Waals surface area contributed by atoms with Gasteiger partial charge in [0.2, 0.25) is 11.9 Å². The molecular formula is C23H34N6O2S. The molecule has 0 radical (unpaired) electrons. The van der Waals surface area contributed by atoms with Crippen molar-refractivity contribution in [3.63, 3.8) is 0 Å². The van der Waals surface area contributed by atoms with Crippen molar-refractivity contribution in [3.8, 4) is 0 Å². The van der Waals surface area contributed by atoms with Crippen LogP contribution in [0.15, 0.2) is 21.5 Å². The van der Waals surface area contributed by atoms with E-state index in [4.69, 9.17) is 9.97 Å². The highest BCUT2D eigenvalue weighted by atomic mass is 32.2. The van der Waals surface area contributed by atoms with Gasteiger partial charge >= 0.3 is 0 Å². The fourth-order valence-electron chi connectivity index (χ4n) is 4.91. The van der Waals surface area contributed by atoms with Gasteiger partial charge in [0.15, 0.2) is 0 Å². The highest BCUT2D eigenvalue weighted by molar-refractivity contribution is 7.85. The van der Waals surface area contributed by atoms with Crippen LogP contribution in [0.2, 0.25) is 0 Å². The molecule has 3 aliphatic rings. The number of aryl methyl sites for hydroxylation is 1. The second-order valence-electron chi connectivity index (χ2n) is 8.87. The van der Waals surface area contributed by atoms with Gasteiger partial charge in [-0.05, 0) is 37.7 Å². The molecule has 1 N–H and O–H groups in total. The number of hydrogen-bond donors (Lipinski definition) is 1. The van der Waals surface area contributed by atoms with Crippen molar-refractivity contribution in [2.24, 2.45) is 10.9 Å². The third-order valence-electron chi connectivity index (χ3n) is 6.79. The molecule has 0 bridgehead atoms. The first-order valence-corrected chi connectivity index (χ1v) is 13.0. The number of hydrogen-bond acceptors (Lipinski definition) is 7. The van der Waals surface area contributed by atoms with Gasteiger partial charge in [-0.15, -0.1) is 0 Å². The number of carbonyl (C=O) groups is 1. The average molecular weight is 459 g/mol. The van der Waals surface area contributed by atoms with Crippen LogP contribution in [0, 0.1) is 5.92 Å². The predicted octanol–water partition coefficient (Wildman–Crippen LogP) is 2.43. The number of likely N-dealkylation sites (N-methyl/N-ethyl adjacent to an activating group) is 1. The zero-order valence-electron chi connectivity index (χ0n) is 19.3. The number of carbonyl (C=O) groups excluding carboxylic acids is 1. The molecule has 2 fully saturated rings. The summed E-state index contributed by atoms with van der Waals surface area (Å²) in [6, 6.07) is 0.116. The van der Waals surface area contributed by atoms with Gasteiger partial charge in [-0.25, -0.2) is 4.98 Å². The molecule has 4 rings (SSSR count). The van der Waals surface area contributed by atoms with E-state index >= 15 is 0 Å². The summed E-state index contributed by atoms with van der Waals surface area (Å²) < 4.78 is 12.7. The van der Waals surface area contributed by atoms with Crippen molar-refractivity contribution < 1.29 is 9.00 Å². The number of likely N-dealkylation sites (tertiary alicyclic amines) is 1. The lowest BCUT2D eigenvalue weighted by atomic mass is 9.87. The topological polar surface area (TPSA) is 90.8 Å². The molecule has 0 aromatic carbocycles. The molecule has 0 saturated carbocycles. The maximum atomic E-state index is 12.7. The molecule has 2 atom stereocenters. The van der Waals surface area contributed by atoms with Crippen molar-refractivity contribution in [2.75, 3.05) is 49.7 Å². The molecule has 3 aliphatic heterocycles. The summed E-state index contributed by atoms with van der Waals surface area (Å²) in [4.78, 5) is 30.4. The van der Waals surface area contributed by atoms with Crippen LogP contribution in [-0.2, 0) is 22.0 Å². The fourth-order valence-corrected chi connectivity index (χ4v) is 6.22. The highest BCUT2D eigenvalue weighted by Crippen LogP contribution is 2.33. The smallest absolute Gasteiger partial charge is 0.227 e. The average Bonchev–Trinajstić information content (AvgIpc) is 3.18. The molecule has 174 valence electrons. The van der Waals surface area contributed by atoms with Crippen LogP contribution in [0.25, 0.3) is 0 Å². The minimum Gasteiger partial charge on any atom is -0.364 e. The van der Waals surface area contributed by atoms with E-state index < -0.39 is 10.8 Å². The highest BCUT2D eigenvalue weighted by Gasteiger charge is 2.31. The Morgan fingerprint density at radius 1 is 1.25 bits per heavy atom. The molecule has 0 aliphatic carbocycles. The lowest BCUT2D eigenvalue weighted by molar-refractivity contribution is -0.132. The SMILES string of the molecule is CC/C(=C\C=NC)C1CCN(c2nc3c(c(N[C@H]4CCC(=O)N(C)C4)n2)S(=O)CC3)CC1. The van der Waals surface area contributed by atoms with E-state index in [1.54, 1.807) is 11.9 Å². The summed E-state index contributed by atoms with van der Waals surface area (Å²) >= 11 is 0. The Hall–Kier alpha value is -2.29. The Kier molecular flexibility index (Phi) is 7.23. The van der Waals surface area contributed by atoms with E-state index in [-0.39, 0.29) is 11.9 Å². The third kappa shape index (κ3) is 4.87. The summed E-state index contributed by atoms with van der Waals surface area (Å²) in [5.41, 5.74) is 2.37. The molecular weight excluding hydrogens is 424 g/mol. The Labute approximate surface area is 193 Å². The van der Waals surface area contributed by atoms with Crippen LogP contribution in [0.3, 0.4) is 0 Å². The fraction of sp³-hybridized carbons (Fsp3) is 0.652. The van der Waals surface area contributed by atoms with Crippen LogP contribution in [0.4, 0.5) is 11.8 Å². The number of nitrogens with zero attached hydrogens (tertiary/aromatic N) is 5. The Balaban J connectivity index is 1.51. The molecule has 32 heavy (non-hydrogen) atoms.